The number of anilines is 1. The second kappa shape index (κ2) is 12.6. The van der Waals surface area contributed by atoms with Crippen LogP contribution < -0.4 is 25.0 Å². The van der Waals surface area contributed by atoms with Gasteiger partial charge in [0.05, 0.1) is 37.2 Å². The van der Waals surface area contributed by atoms with E-state index in [9.17, 15) is 9.59 Å². The Morgan fingerprint density at radius 1 is 1.06 bits per heavy atom. The van der Waals surface area contributed by atoms with Crippen molar-refractivity contribution in [2.24, 2.45) is 5.10 Å². The molecule has 0 aromatic heterocycles. The quantitative estimate of drug-likeness (QED) is 0.363. The molecular formula is C22H26BrN3O5. The first-order chi connectivity index (χ1) is 15.0. The maximum atomic E-state index is 12.1. The van der Waals surface area contributed by atoms with Crippen LogP contribution in [0, 0.1) is 0 Å². The van der Waals surface area contributed by atoms with E-state index < -0.39 is 0 Å². The monoisotopic (exact) mass is 491 g/mol. The van der Waals surface area contributed by atoms with Crippen molar-refractivity contribution in [3.8, 4) is 17.2 Å². The van der Waals surface area contributed by atoms with E-state index in [4.69, 9.17) is 14.2 Å². The standard InChI is InChI=1S/C22H26BrN3O5/c1-4-11-31-22-16(23)12-15(13-19(22)30-3)14-24-26-21(28)10-9-20(27)25-17-7-5-6-8-18(17)29-2/h5-8,12-14H,4,9-11H2,1-3H3,(H,25,27)(H,26,28). The van der Waals surface area contributed by atoms with Crippen LogP contribution in [-0.4, -0.2) is 38.9 Å². The van der Waals surface area contributed by atoms with E-state index in [0.29, 0.717) is 35.1 Å². The van der Waals surface area contributed by atoms with Crippen molar-refractivity contribution < 1.29 is 23.8 Å². The van der Waals surface area contributed by atoms with Crippen molar-refractivity contribution in [3.63, 3.8) is 0 Å². The number of nitrogens with zero attached hydrogens (tertiary/aromatic N) is 1. The third kappa shape index (κ3) is 7.60. The van der Waals surface area contributed by atoms with Crippen LogP contribution in [0.5, 0.6) is 17.2 Å². The molecule has 0 aliphatic carbocycles. The summed E-state index contributed by atoms with van der Waals surface area (Å²) >= 11 is 3.46. The minimum Gasteiger partial charge on any atom is -0.495 e. The zero-order chi connectivity index (χ0) is 22.6. The Balaban J connectivity index is 1.86. The largest absolute Gasteiger partial charge is 0.495 e. The molecule has 166 valence electrons. The van der Waals surface area contributed by atoms with E-state index in [1.54, 1.807) is 37.4 Å². The molecule has 0 fully saturated rings. The number of carbonyl (C=O) groups is 2. The molecule has 9 heteroatoms. The number of methoxy groups -OCH3 is 2. The van der Waals surface area contributed by atoms with Gasteiger partial charge in [0.15, 0.2) is 11.5 Å². The topological polar surface area (TPSA) is 98.2 Å². The lowest BCUT2D eigenvalue weighted by atomic mass is 10.2. The lowest BCUT2D eigenvalue weighted by molar-refractivity contribution is -0.124. The van der Waals surface area contributed by atoms with Crippen LogP contribution in [-0.2, 0) is 9.59 Å². The van der Waals surface area contributed by atoms with Crippen molar-refractivity contribution in [3.05, 3.63) is 46.4 Å². The first-order valence-electron chi connectivity index (χ1n) is 9.73. The molecule has 0 saturated carbocycles. The number of benzene rings is 2. The molecule has 2 aromatic rings. The van der Waals surface area contributed by atoms with Crippen LogP contribution >= 0.6 is 15.9 Å². The average Bonchev–Trinajstić information content (AvgIpc) is 2.77. The summed E-state index contributed by atoms with van der Waals surface area (Å²) in [6.45, 7) is 2.59. The number of halogens is 1. The molecule has 2 N–H and O–H groups in total. The average molecular weight is 492 g/mol. The summed E-state index contributed by atoms with van der Waals surface area (Å²) in [5.41, 5.74) is 3.68. The van der Waals surface area contributed by atoms with Crippen molar-refractivity contribution in [2.75, 3.05) is 26.1 Å². The molecular weight excluding hydrogens is 466 g/mol. The van der Waals surface area contributed by atoms with Crippen molar-refractivity contribution in [2.45, 2.75) is 26.2 Å². The summed E-state index contributed by atoms with van der Waals surface area (Å²) in [5.74, 6) is 1.06. The van der Waals surface area contributed by atoms with Crippen LogP contribution in [0.4, 0.5) is 5.69 Å². The third-order valence-electron chi connectivity index (χ3n) is 4.07. The SMILES string of the molecule is CCCOc1c(Br)cc(C=NNC(=O)CCC(=O)Nc2ccccc2OC)cc1OC. The molecule has 2 rings (SSSR count). The minimum absolute atomic E-state index is 0.00483. The molecule has 0 aliphatic rings. The lowest BCUT2D eigenvalue weighted by Crippen LogP contribution is -2.20. The van der Waals surface area contributed by atoms with Gasteiger partial charge >= 0.3 is 0 Å². The Morgan fingerprint density at radius 2 is 1.77 bits per heavy atom. The summed E-state index contributed by atoms with van der Waals surface area (Å²) < 4.78 is 17.0. The number of hydrogen-bond acceptors (Lipinski definition) is 6. The molecule has 8 nitrogen and oxygen atoms in total. The normalized spacial score (nSPS) is 10.6. The smallest absolute Gasteiger partial charge is 0.240 e. The predicted octanol–water partition coefficient (Wildman–Crippen LogP) is 4.12. The summed E-state index contributed by atoms with van der Waals surface area (Å²) in [5, 5.41) is 6.67. The van der Waals surface area contributed by atoms with Crippen LogP contribution in [0.1, 0.15) is 31.7 Å². The molecule has 0 bridgehead atoms. The molecule has 0 radical (unpaired) electrons. The van der Waals surface area contributed by atoms with E-state index in [0.717, 1.165) is 10.9 Å². The third-order valence-corrected chi connectivity index (χ3v) is 4.65. The summed E-state index contributed by atoms with van der Waals surface area (Å²) in [6, 6.07) is 10.6. The summed E-state index contributed by atoms with van der Waals surface area (Å²) in [7, 11) is 3.08. The van der Waals surface area contributed by atoms with Gasteiger partial charge in [-0.25, -0.2) is 5.43 Å². The van der Waals surface area contributed by atoms with Crippen LogP contribution in [0.25, 0.3) is 0 Å². The number of rotatable bonds is 11. The zero-order valence-electron chi connectivity index (χ0n) is 17.7. The molecule has 0 saturated heterocycles. The first-order valence-corrected chi connectivity index (χ1v) is 10.5. The molecule has 0 atom stereocenters. The number of hydrazone groups is 1. The summed E-state index contributed by atoms with van der Waals surface area (Å²) in [4.78, 5) is 24.1. The highest BCUT2D eigenvalue weighted by molar-refractivity contribution is 9.10. The highest BCUT2D eigenvalue weighted by Crippen LogP contribution is 2.36. The molecule has 31 heavy (non-hydrogen) atoms. The molecule has 0 unspecified atom stereocenters. The molecule has 0 aliphatic heterocycles. The zero-order valence-corrected chi connectivity index (χ0v) is 19.3. The van der Waals surface area contributed by atoms with Gasteiger partial charge in [-0.3, -0.25) is 9.59 Å². The van der Waals surface area contributed by atoms with Crippen molar-refractivity contribution in [1.29, 1.82) is 0 Å². The number of amides is 2. The Bertz CT molecular complexity index is 933. The molecule has 2 aromatic carbocycles. The van der Waals surface area contributed by atoms with E-state index >= 15 is 0 Å². The fourth-order valence-corrected chi connectivity index (χ4v) is 3.16. The number of carbonyl (C=O) groups excluding carboxylic acids is 2. The van der Waals surface area contributed by atoms with E-state index in [-0.39, 0.29) is 24.7 Å². The van der Waals surface area contributed by atoms with Gasteiger partial charge in [0.25, 0.3) is 0 Å². The van der Waals surface area contributed by atoms with E-state index in [1.807, 2.05) is 13.0 Å². The van der Waals surface area contributed by atoms with Gasteiger partial charge in [-0.1, -0.05) is 19.1 Å². The van der Waals surface area contributed by atoms with Crippen molar-refractivity contribution >= 4 is 39.6 Å². The molecule has 0 heterocycles. The maximum absolute atomic E-state index is 12.1. The highest BCUT2D eigenvalue weighted by atomic mass is 79.9. The fraction of sp³-hybridized carbons (Fsp3) is 0.318. The Kier molecular flexibility index (Phi) is 9.83. The van der Waals surface area contributed by atoms with Gasteiger partial charge in [-0.2, -0.15) is 5.10 Å². The lowest BCUT2D eigenvalue weighted by Gasteiger charge is -2.12. The van der Waals surface area contributed by atoms with Gasteiger partial charge in [0.2, 0.25) is 11.8 Å². The second-order valence-electron chi connectivity index (χ2n) is 6.42. The van der Waals surface area contributed by atoms with Crippen LogP contribution in [0.2, 0.25) is 0 Å². The number of hydrogen-bond donors (Lipinski definition) is 2. The number of para-hydroxylation sites is 2. The highest BCUT2D eigenvalue weighted by Gasteiger charge is 2.12. The van der Waals surface area contributed by atoms with Crippen LogP contribution in [0.15, 0.2) is 46.0 Å². The predicted molar refractivity (Wildman–Crippen MR) is 123 cm³/mol. The maximum Gasteiger partial charge on any atom is 0.240 e. The second-order valence-corrected chi connectivity index (χ2v) is 7.28. The number of nitrogens with one attached hydrogen (secondary N) is 2. The Morgan fingerprint density at radius 3 is 2.48 bits per heavy atom. The van der Waals surface area contributed by atoms with Gasteiger partial charge in [0.1, 0.15) is 5.75 Å². The van der Waals surface area contributed by atoms with Gasteiger partial charge in [-0.15, -0.1) is 0 Å². The van der Waals surface area contributed by atoms with E-state index in [2.05, 4.69) is 31.8 Å². The Labute approximate surface area is 190 Å². The molecule has 2 amide bonds. The van der Waals surface area contributed by atoms with Crippen LogP contribution in [0.3, 0.4) is 0 Å². The van der Waals surface area contributed by atoms with Gasteiger partial charge < -0.3 is 19.5 Å². The Hall–Kier alpha value is -3.07. The summed E-state index contributed by atoms with van der Waals surface area (Å²) in [6.07, 6.45) is 2.38. The van der Waals surface area contributed by atoms with Gasteiger partial charge in [-0.05, 0) is 52.2 Å². The van der Waals surface area contributed by atoms with Crippen molar-refractivity contribution in [1.82, 2.24) is 5.43 Å². The van der Waals surface area contributed by atoms with E-state index in [1.165, 1.54) is 13.3 Å². The van der Waals surface area contributed by atoms with Gasteiger partial charge in [0, 0.05) is 12.8 Å². The fourth-order valence-electron chi connectivity index (χ4n) is 2.58. The number of ether oxygens (including phenoxy) is 3. The minimum atomic E-state index is -0.375. The first kappa shape index (κ1) is 24.2. The molecule has 0 spiro atoms.